The average Bonchev–Trinajstić information content (AvgIpc) is 2.46. The van der Waals surface area contributed by atoms with E-state index in [1.807, 2.05) is 19.1 Å². The molecule has 19 heavy (non-hydrogen) atoms. The lowest BCUT2D eigenvalue weighted by Crippen LogP contribution is -2.39. The van der Waals surface area contributed by atoms with Gasteiger partial charge in [-0.3, -0.25) is 9.59 Å². The van der Waals surface area contributed by atoms with Crippen LogP contribution in [0.5, 0.6) is 0 Å². The number of hydrogen-bond donors (Lipinski definition) is 0. The summed E-state index contributed by atoms with van der Waals surface area (Å²) in [6.07, 6.45) is 0.912. The molecule has 1 atom stereocenters. The van der Waals surface area contributed by atoms with Crippen molar-refractivity contribution in [1.82, 2.24) is 0 Å². The normalized spacial score (nSPS) is 12.0. The van der Waals surface area contributed by atoms with E-state index in [2.05, 4.69) is 6.92 Å². The molecule has 5 heteroatoms. The SMILES string of the molecule is CC[C@@H](C)c1ccccc1N(C(=O)CCl)C(=O)CCl. The van der Waals surface area contributed by atoms with Gasteiger partial charge in [0, 0.05) is 0 Å². The second kappa shape index (κ2) is 7.51. The number of carbonyl (C=O) groups excluding carboxylic acids is 2. The molecule has 0 spiro atoms. The van der Waals surface area contributed by atoms with E-state index < -0.39 is 11.8 Å². The summed E-state index contributed by atoms with van der Waals surface area (Å²) in [5, 5.41) is 0. The number of rotatable bonds is 5. The van der Waals surface area contributed by atoms with E-state index in [1.54, 1.807) is 12.1 Å². The third-order valence-corrected chi connectivity index (χ3v) is 3.51. The number of para-hydroxylation sites is 1. The van der Waals surface area contributed by atoms with Crippen molar-refractivity contribution in [2.75, 3.05) is 16.7 Å². The fourth-order valence-corrected chi connectivity index (χ4v) is 2.09. The smallest absolute Gasteiger partial charge is 0.248 e. The molecule has 3 nitrogen and oxygen atoms in total. The first-order valence-corrected chi connectivity index (χ1v) is 7.20. The Kier molecular flexibility index (Phi) is 6.32. The molecule has 0 saturated heterocycles. The highest BCUT2D eigenvalue weighted by Gasteiger charge is 2.25. The topological polar surface area (TPSA) is 37.4 Å². The zero-order chi connectivity index (χ0) is 14.4. The van der Waals surface area contributed by atoms with Gasteiger partial charge in [-0.05, 0) is 24.0 Å². The van der Waals surface area contributed by atoms with Crippen molar-refractivity contribution in [1.29, 1.82) is 0 Å². The summed E-state index contributed by atoms with van der Waals surface area (Å²) in [6, 6.07) is 7.34. The third-order valence-electron chi connectivity index (χ3n) is 3.05. The van der Waals surface area contributed by atoms with Crippen LogP contribution in [0.3, 0.4) is 0 Å². The Labute approximate surface area is 123 Å². The number of hydrogen-bond acceptors (Lipinski definition) is 2. The first-order chi connectivity index (χ1) is 9.06. The number of carbonyl (C=O) groups is 2. The lowest BCUT2D eigenvalue weighted by Gasteiger charge is -2.24. The minimum atomic E-state index is -0.455. The number of alkyl halides is 2. The molecule has 0 aliphatic heterocycles. The van der Waals surface area contributed by atoms with Gasteiger partial charge in [-0.15, -0.1) is 23.2 Å². The Balaban J connectivity index is 3.30. The fourth-order valence-electron chi connectivity index (χ4n) is 1.86. The highest BCUT2D eigenvalue weighted by molar-refractivity contribution is 6.37. The predicted molar refractivity (Wildman–Crippen MR) is 79.1 cm³/mol. The van der Waals surface area contributed by atoms with Crippen molar-refractivity contribution in [2.24, 2.45) is 0 Å². The molecule has 0 radical (unpaired) electrons. The van der Waals surface area contributed by atoms with Crippen LogP contribution < -0.4 is 4.90 Å². The van der Waals surface area contributed by atoms with Crippen molar-refractivity contribution in [3.05, 3.63) is 29.8 Å². The van der Waals surface area contributed by atoms with Crippen LogP contribution in [0.4, 0.5) is 5.69 Å². The summed E-state index contributed by atoms with van der Waals surface area (Å²) in [6.45, 7) is 4.10. The molecule has 0 aliphatic rings. The quantitative estimate of drug-likeness (QED) is 0.780. The maximum atomic E-state index is 11.9. The van der Waals surface area contributed by atoms with Gasteiger partial charge in [0.05, 0.1) is 5.69 Å². The molecule has 0 unspecified atom stereocenters. The maximum absolute atomic E-state index is 11.9. The molecule has 0 heterocycles. The van der Waals surface area contributed by atoms with E-state index in [1.165, 1.54) is 0 Å². The summed E-state index contributed by atoms with van der Waals surface area (Å²) in [5.74, 6) is -1.18. The number of anilines is 1. The summed E-state index contributed by atoms with van der Waals surface area (Å²) in [4.78, 5) is 24.9. The van der Waals surface area contributed by atoms with E-state index in [0.29, 0.717) is 5.69 Å². The molecule has 0 N–H and O–H groups in total. The van der Waals surface area contributed by atoms with E-state index >= 15 is 0 Å². The van der Waals surface area contributed by atoms with Crippen LogP contribution in [0, 0.1) is 0 Å². The fraction of sp³-hybridized carbons (Fsp3) is 0.429. The van der Waals surface area contributed by atoms with Crippen LogP contribution in [0.2, 0.25) is 0 Å². The lowest BCUT2D eigenvalue weighted by molar-refractivity contribution is -0.123. The summed E-state index contributed by atoms with van der Waals surface area (Å²) in [7, 11) is 0. The maximum Gasteiger partial charge on any atom is 0.248 e. The van der Waals surface area contributed by atoms with E-state index in [-0.39, 0.29) is 17.7 Å². The minimum absolute atomic E-state index is 0.241. The van der Waals surface area contributed by atoms with Gasteiger partial charge in [0.25, 0.3) is 0 Å². The Morgan fingerprint density at radius 1 is 1.16 bits per heavy atom. The molecule has 2 amide bonds. The molecule has 0 aliphatic carbocycles. The Morgan fingerprint density at radius 2 is 1.68 bits per heavy atom. The van der Waals surface area contributed by atoms with Crippen molar-refractivity contribution in [3.8, 4) is 0 Å². The van der Waals surface area contributed by atoms with Gasteiger partial charge in [-0.25, -0.2) is 4.90 Å². The average molecular weight is 302 g/mol. The van der Waals surface area contributed by atoms with E-state index in [9.17, 15) is 9.59 Å². The van der Waals surface area contributed by atoms with Crippen molar-refractivity contribution < 1.29 is 9.59 Å². The molecule has 0 saturated carbocycles. The zero-order valence-electron chi connectivity index (χ0n) is 11.0. The second-order valence-corrected chi connectivity index (χ2v) is 4.79. The van der Waals surface area contributed by atoms with Crippen molar-refractivity contribution in [2.45, 2.75) is 26.2 Å². The Bertz CT molecular complexity index is 447. The molecular weight excluding hydrogens is 285 g/mol. The Morgan fingerprint density at radius 3 is 2.16 bits per heavy atom. The van der Waals surface area contributed by atoms with Crippen LogP contribution in [0.1, 0.15) is 31.7 Å². The van der Waals surface area contributed by atoms with Gasteiger partial charge in [0.2, 0.25) is 11.8 Å². The first-order valence-electron chi connectivity index (χ1n) is 6.13. The molecule has 1 rings (SSSR count). The van der Waals surface area contributed by atoms with Gasteiger partial charge in [0.1, 0.15) is 11.8 Å². The van der Waals surface area contributed by atoms with Gasteiger partial charge in [0.15, 0.2) is 0 Å². The minimum Gasteiger partial charge on any atom is -0.273 e. The molecule has 0 aromatic heterocycles. The second-order valence-electron chi connectivity index (χ2n) is 4.26. The Hall–Kier alpha value is -1.06. The predicted octanol–water partition coefficient (Wildman–Crippen LogP) is 3.54. The number of imide groups is 1. The van der Waals surface area contributed by atoms with Gasteiger partial charge < -0.3 is 0 Å². The van der Waals surface area contributed by atoms with Crippen LogP contribution >= 0.6 is 23.2 Å². The standard InChI is InChI=1S/C14H17Cl2NO2/c1-3-10(2)11-6-4-5-7-12(11)17(13(18)8-15)14(19)9-16/h4-7,10H,3,8-9H2,1-2H3/t10-/m1/s1. The summed E-state index contributed by atoms with van der Waals surface area (Å²) < 4.78 is 0. The van der Waals surface area contributed by atoms with Crippen LogP contribution in [0.25, 0.3) is 0 Å². The third kappa shape index (κ3) is 3.71. The van der Waals surface area contributed by atoms with Crippen molar-refractivity contribution in [3.63, 3.8) is 0 Å². The highest BCUT2D eigenvalue weighted by atomic mass is 35.5. The van der Waals surface area contributed by atoms with Crippen LogP contribution in [-0.4, -0.2) is 23.6 Å². The van der Waals surface area contributed by atoms with Gasteiger partial charge in [-0.1, -0.05) is 32.0 Å². The first kappa shape index (κ1) is 16.0. The van der Waals surface area contributed by atoms with E-state index in [4.69, 9.17) is 23.2 Å². The monoisotopic (exact) mass is 301 g/mol. The molecule has 1 aromatic rings. The molecular formula is C14H17Cl2NO2. The van der Waals surface area contributed by atoms with E-state index in [0.717, 1.165) is 16.9 Å². The molecule has 0 fully saturated rings. The molecule has 104 valence electrons. The molecule has 1 aromatic carbocycles. The summed E-state index contributed by atoms with van der Waals surface area (Å²) >= 11 is 11.2. The van der Waals surface area contributed by atoms with Gasteiger partial charge >= 0.3 is 0 Å². The van der Waals surface area contributed by atoms with Crippen LogP contribution in [-0.2, 0) is 9.59 Å². The highest BCUT2D eigenvalue weighted by Crippen LogP contribution is 2.30. The largest absolute Gasteiger partial charge is 0.273 e. The summed E-state index contributed by atoms with van der Waals surface area (Å²) in [5.41, 5.74) is 1.52. The van der Waals surface area contributed by atoms with Crippen LogP contribution in [0.15, 0.2) is 24.3 Å². The van der Waals surface area contributed by atoms with Crippen molar-refractivity contribution >= 4 is 40.7 Å². The molecule has 0 bridgehead atoms. The lowest BCUT2D eigenvalue weighted by atomic mass is 9.96. The van der Waals surface area contributed by atoms with Gasteiger partial charge in [-0.2, -0.15) is 0 Å². The number of nitrogens with zero attached hydrogens (tertiary/aromatic N) is 1. The number of halogens is 2. The zero-order valence-corrected chi connectivity index (χ0v) is 12.5. The number of benzene rings is 1. The number of amides is 2.